The molecule has 7 heteroatoms. The van der Waals surface area contributed by atoms with Crippen LogP contribution in [0.25, 0.3) is 0 Å². The lowest BCUT2D eigenvalue weighted by molar-refractivity contribution is 0.599. The Hall–Kier alpha value is -2.41. The minimum absolute atomic E-state index is 0.123. The topological polar surface area (TPSA) is 70.6 Å². The second-order valence-corrected chi connectivity index (χ2v) is 8.95. The minimum Gasteiger partial charge on any atom is -0.356 e. The lowest BCUT2D eigenvalue weighted by Crippen LogP contribution is -2.39. The molecular weight excluding hydrogens is 377 g/mol. The smallest absolute Gasteiger partial charge is 0.191 e. The third-order valence-corrected chi connectivity index (χ3v) is 5.37. The molecule has 0 aromatic heterocycles. The number of nitrogens with one attached hydrogen (secondary N) is 2. The van der Waals surface area contributed by atoms with E-state index in [4.69, 9.17) is 0 Å². The molecule has 0 bridgehead atoms. The van der Waals surface area contributed by atoms with Gasteiger partial charge >= 0.3 is 0 Å². The zero-order valence-electron chi connectivity index (χ0n) is 16.6. The van der Waals surface area contributed by atoms with Gasteiger partial charge in [0.25, 0.3) is 0 Å². The quantitative estimate of drug-likeness (QED) is 0.523. The highest BCUT2D eigenvalue weighted by atomic mass is 32.2. The molecule has 152 valence electrons. The van der Waals surface area contributed by atoms with Gasteiger partial charge in [0.2, 0.25) is 0 Å². The van der Waals surface area contributed by atoms with Gasteiger partial charge < -0.3 is 10.6 Å². The predicted octanol–water partition coefficient (Wildman–Crippen LogP) is 3.23. The first kappa shape index (κ1) is 21.9. The molecular formula is C21H28FN3O2S. The summed E-state index contributed by atoms with van der Waals surface area (Å²) in [7, 11) is -1.54. The van der Waals surface area contributed by atoms with Crippen molar-refractivity contribution in [3.8, 4) is 0 Å². The number of sulfone groups is 1. The Labute approximate surface area is 167 Å². The first-order chi connectivity index (χ1) is 13.3. The molecule has 5 nitrogen and oxygen atoms in total. The number of aliphatic imine (C=N–C) groups is 1. The Morgan fingerprint density at radius 2 is 1.82 bits per heavy atom. The van der Waals surface area contributed by atoms with Crippen molar-refractivity contribution >= 4 is 15.8 Å². The van der Waals surface area contributed by atoms with E-state index in [1.165, 1.54) is 30.0 Å². The summed E-state index contributed by atoms with van der Waals surface area (Å²) in [4.78, 5) is 4.21. The van der Waals surface area contributed by atoms with Crippen LogP contribution in [0.5, 0.6) is 0 Å². The van der Waals surface area contributed by atoms with Crippen molar-refractivity contribution in [2.24, 2.45) is 4.99 Å². The van der Waals surface area contributed by atoms with E-state index in [9.17, 15) is 12.8 Å². The molecule has 0 aliphatic rings. The third-order valence-electron chi connectivity index (χ3n) is 4.54. The van der Waals surface area contributed by atoms with E-state index >= 15 is 0 Å². The summed E-state index contributed by atoms with van der Waals surface area (Å²) >= 11 is 0. The summed E-state index contributed by atoms with van der Waals surface area (Å²) < 4.78 is 36.9. The summed E-state index contributed by atoms with van der Waals surface area (Å²) in [5.74, 6) is 0.410. The van der Waals surface area contributed by atoms with Gasteiger partial charge in [-0.3, -0.25) is 4.99 Å². The molecule has 1 unspecified atom stereocenters. The predicted molar refractivity (Wildman–Crippen MR) is 113 cm³/mol. The molecule has 2 aromatic rings. The van der Waals surface area contributed by atoms with Crippen molar-refractivity contribution in [1.29, 1.82) is 0 Å². The van der Waals surface area contributed by atoms with Crippen molar-refractivity contribution in [3.05, 3.63) is 71.0 Å². The number of nitrogens with zero attached hydrogens (tertiary/aromatic N) is 1. The average molecular weight is 406 g/mol. The molecule has 0 aliphatic carbocycles. The maximum Gasteiger partial charge on any atom is 0.191 e. The van der Waals surface area contributed by atoms with Crippen LogP contribution < -0.4 is 10.6 Å². The maximum absolute atomic E-state index is 13.7. The van der Waals surface area contributed by atoms with Crippen LogP contribution in [0, 0.1) is 5.82 Å². The molecule has 0 heterocycles. The van der Waals surface area contributed by atoms with Crippen LogP contribution in [0.15, 0.2) is 53.5 Å². The monoisotopic (exact) mass is 405 g/mol. The van der Waals surface area contributed by atoms with Gasteiger partial charge in [-0.2, -0.15) is 0 Å². The number of guanidine groups is 1. The molecule has 0 spiro atoms. The van der Waals surface area contributed by atoms with Crippen molar-refractivity contribution in [2.45, 2.75) is 31.6 Å². The summed E-state index contributed by atoms with van der Waals surface area (Å²) in [5, 5.41) is 6.45. The second-order valence-electron chi connectivity index (χ2n) is 6.81. The minimum atomic E-state index is -3.21. The first-order valence-electron chi connectivity index (χ1n) is 9.27. The normalized spacial score (nSPS) is 13.2. The highest BCUT2D eigenvalue weighted by molar-refractivity contribution is 7.89. The van der Waals surface area contributed by atoms with Crippen molar-refractivity contribution in [1.82, 2.24) is 10.6 Å². The van der Waals surface area contributed by atoms with Gasteiger partial charge in [-0.15, -0.1) is 0 Å². The Balaban J connectivity index is 2.01. The van der Waals surface area contributed by atoms with Gasteiger partial charge in [-0.1, -0.05) is 43.3 Å². The first-order valence-corrected chi connectivity index (χ1v) is 11.3. The molecule has 1 atom stereocenters. The maximum atomic E-state index is 13.7. The summed E-state index contributed by atoms with van der Waals surface area (Å²) in [6.45, 7) is 3.13. The van der Waals surface area contributed by atoms with Crippen LogP contribution in [0.1, 0.15) is 36.0 Å². The summed E-state index contributed by atoms with van der Waals surface area (Å²) in [6, 6.07) is 14.4. The van der Waals surface area contributed by atoms with Crippen LogP contribution in [-0.4, -0.2) is 34.2 Å². The lowest BCUT2D eigenvalue weighted by atomic mass is 9.97. The van der Waals surface area contributed by atoms with Crippen LogP contribution in [0.2, 0.25) is 0 Å². The molecule has 2 rings (SSSR count). The van der Waals surface area contributed by atoms with E-state index in [2.05, 4.69) is 34.7 Å². The highest BCUT2D eigenvalue weighted by Gasteiger charge is 2.12. The van der Waals surface area contributed by atoms with E-state index in [0.29, 0.717) is 29.5 Å². The molecule has 2 aromatic carbocycles. The molecule has 0 saturated heterocycles. The van der Waals surface area contributed by atoms with Crippen LogP contribution in [-0.2, 0) is 22.1 Å². The summed E-state index contributed by atoms with van der Waals surface area (Å²) in [6.07, 6.45) is 2.15. The third kappa shape index (κ3) is 6.96. The molecule has 0 aliphatic heterocycles. The summed E-state index contributed by atoms with van der Waals surface area (Å²) in [5.41, 5.74) is 2.44. The van der Waals surface area contributed by atoms with Crippen molar-refractivity contribution in [3.63, 3.8) is 0 Å². The van der Waals surface area contributed by atoms with Gasteiger partial charge in [0.1, 0.15) is 5.82 Å². The van der Waals surface area contributed by atoms with E-state index in [1.54, 1.807) is 7.05 Å². The molecule has 0 radical (unpaired) electrons. The number of rotatable bonds is 8. The molecule has 0 amide bonds. The van der Waals surface area contributed by atoms with Gasteiger partial charge in [0.15, 0.2) is 15.8 Å². The fourth-order valence-electron chi connectivity index (χ4n) is 3.02. The van der Waals surface area contributed by atoms with E-state index in [-0.39, 0.29) is 12.3 Å². The molecule has 2 N–H and O–H groups in total. The lowest BCUT2D eigenvalue weighted by Gasteiger charge is -2.19. The fourth-order valence-corrected chi connectivity index (χ4v) is 3.87. The van der Waals surface area contributed by atoms with Crippen LogP contribution in [0.3, 0.4) is 0 Å². The number of hydrogen-bond acceptors (Lipinski definition) is 3. The van der Waals surface area contributed by atoms with E-state index in [0.717, 1.165) is 6.42 Å². The highest BCUT2D eigenvalue weighted by Crippen LogP contribution is 2.18. The molecule has 0 fully saturated rings. The number of halogens is 1. The van der Waals surface area contributed by atoms with Crippen molar-refractivity contribution in [2.75, 3.05) is 19.8 Å². The van der Waals surface area contributed by atoms with Crippen LogP contribution >= 0.6 is 0 Å². The average Bonchev–Trinajstić information content (AvgIpc) is 2.66. The number of hydrogen-bond donors (Lipinski definition) is 2. The largest absolute Gasteiger partial charge is 0.356 e. The second kappa shape index (κ2) is 10.2. The van der Waals surface area contributed by atoms with E-state index in [1.807, 2.05) is 18.2 Å². The van der Waals surface area contributed by atoms with Gasteiger partial charge in [0.05, 0.1) is 5.75 Å². The van der Waals surface area contributed by atoms with Gasteiger partial charge in [0, 0.05) is 32.3 Å². The zero-order valence-corrected chi connectivity index (χ0v) is 17.4. The zero-order chi connectivity index (χ0) is 20.6. The molecule has 0 saturated carbocycles. The Kier molecular flexibility index (Phi) is 7.99. The molecule has 28 heavy (non-hydrogen) atoms. The Bertz CT molecular complexity index is 899. The van der Waals surface area contributed by atoms with Crippen LogP contribution in [0.4, 0.5) is 4.39 Å². The Morgan fingerprint density at radius 3 is 2.43 bits per heavy atom. The van der Waals surface area contributed by atoms with E-state index < -0.39 is 15.7 Å². The Morgan fingerprint density at radius 1 is 1.11 bits per heavy atom. The van der Waals surface area contributed by atoms with Gasteiger partial charge in [-0.05, 0) is 35.2 Å². The SMILES string of the molecule is CCC(CNC(=NC)NCc1cc(F)ccc1CS(C)(=O)=O)c1ccccc1. The fraction of sp³-hybridized carbons (Fsp3) is 0.381. The van der Waals surface area contributed by atoms with Crippen molar-refractivity contribution < 1.29 is 12.8 Å². The standard InChI is InChI=1S/C21H28FN3O2S/c1-4-16(17-8-6-5-7-9-17)13-24-21(23-2)25-14-19-12-20(22)11-10-18(19)15-28(3,26)27/h5-12,16H,4,13-15H2,1-3H3,(H2,23,24,25). The number of benzene rings is 2. The van der Waals surface area contributed by atoms with Gasteiger partial charge in [-0.25, -0.2) is 12.8 Å².